The van der Waals surface area contributed by atoms with Crippen molar-refractivity contribution in [3.8, 4) is 0 Å². The van der Waals surface area contributed by atoms with Crippen LogP contribution in [0.3, 0.4) is 0 Å². The van der Waals surface area contributed by atoms with Gasteiger partial charge in [0.15, 0.2) is 6.10 Å². The van der Waals surface area contributed by atoms with Crippen molar-refractivity contribution in [1.82, 2.24) is 0 Å². The fourth-order valence-corrected chi connectivity index (χ4v) is 6.94. The molecule has 1 saturated heterocycles. The van der Waals surface area contributed by atoms with Crippen LogP contribution in [-0.2, 0) is 38.1 Å². The van der Waals surface area contributed by atoms with Crippen LogP contribution in [0.25, 0.3) is 0 Å². The Hall–Kier alpha value is -2.92. The zero-order valence-corrected chi connectivity index (χ0v) is 24.2. The van der Waals surface area contributed by atoms with E-state index in [-0.39, 0.29) is 24.3 Å². The fraction of sp³-hybridized carbons (Fsp3) is 0.724. The highest BCUT2D eigenvalue weighted by Crippen LogP contribution is 2.68. The molecule has 1 aromatic heterocycles. The van der Waals surface area contributed by atoms with Gasteiger partial charge in [-0.25, -0.2) is 4.79 Å². The second-order valence-electron chi connectivity index (χ2n) is 12.2. The van der Waals surface area contributed by atoms with Gasteiger partial charge in [-0.15, -0.1) is 0 Å². The van der Waals surface area contributed by atoms with Crippen molar-refractivity contribution >= 4 is 23.9 Å². The highest BCUT2D eigenvalue weighted by molar-refractivity contribution is 5.89. The van der Waals surface area contributed by atoms with E-state index in [1.165, 1.54) is 32.4 Å². The zero-order chi connectivity index (χ0) is 29.7. The largest absolute Gasteiger partial charge is 0.472 e. The summed E-state index contributed by atoms with van der Waals surface area (Å²) in [5, 5.41) is 12.2. The number of carbonyl (C=O) groups excluding carboxylic acids is 4. The Balaban J connectivity index is 1.97. The Bertz CT molecular complexity index is 1140. The predicted octanol–water partition coefficient (Wildman–Crippen LogP) is 3.36. The summed E-state index contributed by atoms with van der Waals surface area (Å²) in [7, 11) is 0. The third-order valence-electron chi connectivity index (χ3n) is 9.19. The van der Waals surface area contributed by atoms with Crippen molar-refractivity contribution in [3.63, 3.8) is 0 Å². The Morgan fingerprint density at radius 2 is 1.77 bits per heavy atom. The fourth-order valence-electron chi connectivity index (χ4n) is 6.94. The van der Waals surface area contributed by atoms with Crippen LogP contribution in [0, 0.1) is 17.3 Å². The molecule has 2 aliphatic carbocycles. The molecule has 0 radical (unpaired) electrons. The van der Waals surface area contributed by atoms with Gasteiger partial charge in [0.25, 0.3) is 0 Å². The second-order valence-corrected chi connectivity index (χ2v) is 12.2. The van der Waals surface area contributed by atoms with Gasteiger partial charge in [0.1, 0.15) is 36.1 Å². The monoisotopic (exact) mass is 564 g/mol. The predicted molar refractivity (Wildman–Crippen MR) is 138 cm³/mol. The Morgan fingerprint density at radius 1 is 1.07 bits per heavy atom. The summed E-state index contributed by atoms with van der Waals surface area (Å²) >= 11 is 0. The summed E-state index contributed by atoms with van der Waals surface area (Å²) in [6.45, 7) is 10.9. The van der Waals surface area contributed by atoms with Crippen molar-refractivity contribution in [3.05, 3.63) is 24.2 Å². The van der Waals surface area contributed by atoms with Crippen LogP contribution in [0.1, 0.15) is 84.5 Å². The Morgan fingerprint density at radius 3 is 2.35 bits per heavy atom. The number of aliphatic hydroxyl groups is 1. The number of carbonyl (C=O) groups is 4. The Labute approximate surface area is 233 Å². The van der Waals surface area contributed by atoms with E-state index in [2.05, 4.69) is 0 Å². The molecule has 8 atom stereocenters. The van der Waals surface area contributed by atoms with Crippen LogP contribution < -0.4 is 0 Å². The summed E-state index contributed by atoms with van der Waals surface area (Å²) in [6.07, 6.45) is -0.0232. The van der Waals surface area contributed by atoms with Crippen molar-refractivity contribution in [2.24, 2.45) is 17.3 Å². The number of ether oxygens (including phenoxy) is 5. The third-order valence-corrected chi connectivity index (χ3v) is 9.19. The molecule has 1 aliphatic heterocycles. The summed E-state index contributed by atoms with van der Waals surface area (Å²) in [5.41, 5.74) is -5.48. The molecule has 0 amide bonds. The minimum absolute atomic E-state index is 0.127. The van der Waals surface area contributed by atoms with Gasteiger partial charge in [-0.3, -0.25) is 14.4 Å². The smallest absolute Gasteiger partial charge is 0.341 e. The van der Waals surface area contributed by atoms with Crippen molar-refractivity contribution in [2.75, 3.05) is 6.61 Å². The van der Waals surface area contributed by atoms with E-state index in [1.807, 2.05) is 20.8 Å². The van der Waals surface area contributed by atoms with E-state index >= 15 is 0 Å². The standard InChI is InChI=1S/C29H40O11/c1-8-16(2)24(32)39-23-21(37-18(4)31)13-27(7,34)29-12-20(26(5,6)40-29)11-22(28(23,29)15-36-17(3)30)38-25(33)19-9-10-35-14-19/h9-10,14,16,20-23,34H,8,11-13,15H2,1-7H3/t16-,20-,21+,22+,23+,27-,28-,29+/m1/s1. The first-order valence-corrected chi connectivity index (χ1v) is 13.8. The molecule has 3 fully saturated rings. The topological polar surface area (TPSA) is 148 Å². The molecule has 222 valence electrons. The van der Waals surface area contributed by atoms with Crippen molar-refractivity contribution in [1.29, 1.82) is 0 Å². The second kappa shape index (κ2) is 10.5. The van der Waals surface area contributed by atoms with E-state index in [9.17, 15) is 24.3 Å². The van der Waals surface area contributed by atoms with Gasteiger partial charge in [0.05, 0.1) is 28.9 Å². The summed E-state index contributed by atoms with van der Waals surface area (Å²) in [6, 6.07) is 1.45. The average molecular weight is 565 g/mol. The molecule has 3 aliphatic rings. The maximum absolute atomic E-state index is 13.3. The van der Waals surface area contributed by atoms with Crippen LogP contribution in [-0.4, -0.2) is 70.7 Å². The molecular weight excluding hydrogens is 524 g/mol. The van der Waals surface area contributed by atoms with Crippen LogP contribution in [0.4, 0.5) is 0 Å². The number of esters is 4. The van der Waals surface area contributed by atoms with Crippen molar-refractivity contribution < 1.29 is 52.4 Å². The summed E-state index contributed by atoms with van der Waals surface area (Å²) < 4.78 is 35.5. The molecule has 2 bridgehead atoms. The molecule has 4 rings (SSSR count). The number of rotatable bonds is 8. The van der Waals surface area contributed by atoms with Gasteiger partial charge < -0.3 is 33.2 Å². The minimum atomic E-state index is -1.68. The van der Waals surface area contributed by atoms with Gasteiger partial charge in [-0.1, -0.05) is 13.8 Å². The van der Waals surface area contributed by atoms with Gasteiger partial charge >= 0.3 is 23.9 Å². The SMILES string of the molecule is CC[C@@H](C)C(=O)O[C@H]1[C@@H](OC(C)=O)C[C@@](C)(O)[C@@]23C[C@@H](C[C@H](OC(=O)c4ccoc4)[C@]12COC(C)=O)C(C)(C)O3. The van der Waals surface area contributed by atoms with Crippen LogP contribution >= 0.6 is 0 Å². The number of hydrogen-bond acceptors (Lipinski definition) is 11. The molecule has 11 heteroatoms. The zero-order valence-electron chi connectivity index (χ0n) is 24.2. The maximum atomic E-state index is 13.3. The number of hydrogen-bond donors (Lipinski definition) is 1. The number of fused-ring (bicyclic) bond motifs is 1. The van der Waals surface area contributed by atoms with E-state index in [0.29, 0.717) is 12.8 Å². The normalized spacial score (nSPS) is 36.6. The molecule has 1 spiro atoms. The Kier molecular flexibility index (Phi) is 7.87. The van der Waals surface area contributed by atoms with E-state index < -0.39 is 76.9 Å². The lowest BCUT2D eigenvalue weighted by Crippen LogP contribution is -2.79. The summed E-state index contributed by atoms with van der Waals surface area (Å²) in [5.74, 6) is -3.25. The lowest BCUT2D eigenvalue weighted by atomic mass is 9.47. The molecule has 0 aromatic carbocycles. The minimum Gasteiger partial charge on any atom is -0.472 e. The van der Waals surface area contributed by atoms with Crippen LogP contribution in [0.5, 0.6) is 0 Å². The highest BCUT2D eigenvalue weighted by Gasteiger charge is 2.81. The molecule has 1 N–H and O–H groups in total. The quantitative estimate of drug-likeness (QED) is 0.366. The van der Waals surface area contributed by atoms with E-state index in [0.717, 1.165) is 0 Å². The molecule has 2 heterocycles. The van der Waals surface area contributed by atoms with Crippen LogP contribution in [0.2, 0.25) is 0 Å². The van der Waals surface area contributed by atoms with E-state index in [4.69, 9.17) is 28.1 Å². The van der Waals surface area contributed by atoms with Crippen LogP contribution in [0.15, 0.2) is 23.0 Å². The third kappa shape index (κ3) is 4.81. The van der Waals surface area contributed by atoms with Gasteiger partial charge in [0, 0.05) is 20.3 Å². The first-order chi connectivity index (χ1) is 18.6. The molecule has 2 saturated carbocycles. The molecule has 0 unspecified atom stereocenters. The van der Waals surface area contributed by atoms with Gasteiger partial charge in [-0.05, 0) is 52.0 Å². The number of furan rings is 1. The molecular formula is C29H40O11. The molecule has 40 heavy (non-hydrogen) atoms. The first kappa shape index (κ1) is 30.0. The summed E-state index contributed by atoms with van der Waals surface area (Å²) in [4.78, 5) is 51.2. The highest BCUT2D eigenvalue weighted by atomic mass is 16.6. The lowest BCUT2D eigenvalue weighted by Gasteiger charge is -2.64. The van der Waals surface area contributed by atoms with Gasteiger partial charge in [-0.2, -0.15) is 0 Å². The van der Waals surface area contributed by atoms with Crippen molar-refractivity contribution in [2.45, 2.75) is 109 Å². The van der Waals surface area contributed by atoms with E-state index in [1.54, 1.807) is 13.8 Å². The molecule has 1 aromatic rings. The molecule has 11 nitrogen and oxygen atoms in total. The maximum Gasteiger partial charge on any atom is 0.341 e. The lowest BCUT2D eigenvalue weighted by molar-refractivity contribution is -0.337. The average Bonchev–Trinajstić information content (AvgIpc) is 3.47. The first-order valence-electron chi connectivity index (χ1n) is 13.8. The van der Waals surface area contributed by atoms with Gasteiger partial charge in [0.2, 0.25) is 0 Å².